The second-order valence-electron chi connectivity index (χ2n) is 6.29. The third-order valence-electron chi connectivity index (χ3n) is 4.11. The maximum Gasteiger partial charge on any atom is 0.341 e. The zero-order chi connectivity index (χ0) is 19.1. The van der Waals surface area contributed by atoms with Crippen LogP contribution in [0.2, 0.25) is 0 Å². The lowest BCUT2D eigenvalue weighted by Crippen LogP contribution is -2.34. The van der Waals surface area contributed by atoms with Crippen molar-refractivity contribution in [3.63, 3.8) is 0 Å². The van der Waals surface area contributed by atoms with Gasteiger partial charge in [0.2, 0.25) is 0 Å². The van der Waals surface area contributed by atoms with Crippen molar-refractivity contribution in [1.82, 2.24) is 10.3 Å². The number of hydrogen-bond donors (Lipinski definition) is 1. The molecule has 7 heteroatoms. The van der Waals surface area contributed by atoms with Gasteiger partial charge >= 0.3 is 5.97 Å². The van der Waals surface area contributed by atoms with Crippen LogP contribution < -0.4 is 5.32 Å². The quantitative estimate of drug-likeness (QED) is 0.737. The highest BCUT2D eigenvalue weighted by molar-refractivity contribution is 7.99. The molecule has 1 aliphatic heterocycles. The number of esters is 1. The standard InChI is InChI=1S/C20H22N2O4S/c1-14-6-8-16(9-7-14)27-19-17(5-2-10-21-19)20(24)26-13-18(23)22-12-15-4-3-11-25-15/h2,5-10,15H,3-4,11-13H2,1H3,(H,22,23)/t15-/m1/s1. The molecule has 142 valence electrons. The first-order valence-corrected chi connectivity index (χ1v) is 9.68. The summed E-state index contributed by atoms with van der Waals surface area (Å²) in [4.78, 5) is 29.5. The molecule has 3 rings (SSSR count). The van der Waals surface area contributed by atoms with Gasteiger partial charge in [-0.25, -0.2) is 9.78 Å². The Kier molecular flexibility index (Phi) is 6.84. The van der Waals surface area contributed by atoms with Gasteiger partial charge in [-0.05, 0) is 44.0 Å². The largest absolute Gasteiger partial charge is 0.452 e. The van der Waals surface area contributed by atoms with E-state index < -0.39 is 5.97 Å². The highest BCUT2D eigenvalue weighted by atomic mass is 32.2. The van der Waals surface area contributed by atoms with Crippen LogP contribution in [0.25, 0.3) is 0 Å². The molecule has 1 aromatic heterocycles. The van der Waals surface area contributed by atoms with Gasteiger partial charge in [0.05, 0.1) is 11.7 Å². The molecule has 0 saturated carbocycles. The fourth-order valence-electron chi connectivity index (χ4n) is 2.64. The second-order valence-corrected chi connectivity index (χ2v) is 7.35. The number of ether oxygens (including phenoxy) is 2. The Bertz CT molecular complexity index is 789. The minimum atomic E-state index is -0.565. The van der Waals surface area contributed by atoms with Crippen LogP contribution in [-0.4, -0.2) is 42.7 Å². The van der Waals surface area contributed by atoms with E-state index in [9.17, 15) is 9.59 Å². The molecule has 0 unspecified atom stereocenters. The fraction of sp³-hybridized carbons (Fsp3) is 0.350. The van der Waals surface area contributed by atoms with Gasteiger partial charge in [0, 0.05) is 24.2 Å². The molecule has 0 radical (unpaired) electrons. The summed E-state index contributed by atoms with van der Waals surface area (Å²) in [7, 11) is 0. The van der Waals surface area contributed by atoms with E-state index in [0.29, 0.717) is 17.1 Å². The number of amides is 1. The molecule has 1 saturated heterocycles. The van der Waals surface area contributed by atoms with Crippen molar-refractivity contribution in [2.45, 2.75) is 35.8 Å². The molecule has 1 atom stereocenters. The van der Waals surface area contributed by atoms with Crippen LogP contribution in [-0.2, 0) is 14.3 Å². The van der Waals surface area contributed by atoms with Crippen LogP contribution in [0.5, 0.6) is 0 Å². The number of benzene rings is 1. The lowest BCUT2D eigenvalue weighted by Gasteiger charge is -2.11. The van der Waals surface area contributed by atoms with E-state index in [2.05, 4.69) is 10.3 Å². The summed E-state index contributed by atoms with van der Waals surface area (Å²) in [5.74, 6) is -0.902. The number of rotatable bonds is 7. The van der Waals surface area contributed by atoms with Crippen LogP contribution in [0.4, 0.5) is 0 Å². The summed E-state index contributed by atoms with van der Waals surface area (Å²) < 4.78 is 10.6. The monoisotopic (exact) mass is 386 g/mol. The molecule has 1 fully saturated rings. The average Bonchev–Trinajstić information content (AvgIpc) is 3.20. The van der Waals surface area contributed by atoms with Crippen LogP contribution in [0.15, 0.2) is 52.5 Å². The minimum Gasteiger partial charge on any atom is -0.452 e. The topological polar surface area (TPSA) is 77.5 Å². The molecule has 0 spiro atoms. The van der Waals surface area contributed by atoms with Gasteiger partial charge < -0.3 is 14.8 Å². The van der Waals surface area contributed by atoms with E-state index in [0.717, 1.165) is 29.9 Å². The lowest BCUT2D eigenvalue weighted by atomic mass is 10.2. The third-order valence-corrected chi connectivity index (χ3v) is 5.14. The van der Waals surface area contributed by atoms with Crippen molar-refractivity contribution in [1.29, 1.82) is 0 Å². The third kappa shape index (κ3) is 5.80. The van der Waals surface area contributed by atoms with Crippen molar-refractivity contribution in [3.8, 4) is 0 Å². The fourth-order valence-corrected chi connectivity index (χ4v) is 3.51. The molecule has 2 heterocycles. The summed E-state index contributed by atoms with van der Waals surface area (Å²) >= 11 is 1.38. The molecule has 1 amide bonds. The van der Waals surface area contributed by atoms with E-state index >= 15 is 0 Å². The molecular formula is C20H22N2O4S. The smallest absolute Gasteiger partial charge is 0.341 e. The molecule has 2 aromatic rings. The van der Waals surface area contributed by atoms with Gasteiger partial charge in [-0.1, -0.05) is 29.5 Å². The Labute approximate surface area is 162 Å². The second kappa shape index (κ2) is 9.53. The summed E-state index contributed by atoms with van der Waals surface area (Å²) in [6, 6.07) is 11.3. The van der Waals surface area contributed by atoms with Gasteiger partial charge in [-0.3, -0.25) is 4.79 Å². The van der Waals surface area contributed by atoms with E-state index in [4.69, 9.17) is 9.47 Å². The van der Waals surface area contributed by atoms with E-state index in [1.807, 2.05) is 31.2 Å². The molecule has 1 N–H and O–H groups in total. The molecule has 1 aromatic carbocycles. The zero-order valence-electron chi connectivity index (χ0n) is 15.1. The molecule has 1 aliphatic rings. The normalized spacial score (nSPS) is 16.1. The number of nitrogens with zero attached hydrogens (tertiary/aromatic N) is 1. The SMILES string of the molecule is Cc1ccc(Sc2ncccc2C(=O)OCC(=O)NC[C@H]2CCCO2)cc1. The number of hydrogen-bond acceptors (Lipinski definition) is 6. The molecule has 0 aliphatic carbocycles. The minimum absolute atomic E-state index is 0.0560. The van der Waals surface area contributed by atoms with Crippen molar-refractivity contribution in [2.24, 2.45) is 0 Å². The number of carbonyl (C=O) groups is 2. The van der Waals surface area contributed by atoms with E-state index in [-0.39, 0.29) is 18.6 Å². The predicted molar refractivity (Wildman–Crippen MR) is 102 cm³/mol. The van der Waals surface area contributed by atoms with Gasteiger partial charge in [0.1, 0.15) is 5.03 Å². The number of carbonyl (C=O) groups excluding carboxylic acids is 2. The predicted octanol–water partition coefficient (Wildman–Crippen LogP) is 2.99. The highest BCUT2D eigenvalue weighted by Crippen LogP contribution is 2.29. The Morgan fingerprint density at radius 1 is 1.30 bits per heavy atom. The summed E-state index contributed by atoms with van der Waals surface area (Å²) in [5.41, 5.74) is 1.50. The first-order chi connectivity index (χ1) is 13.1. The molecule has 0 bridgehead atoms. The van der Waals surface area contributed by atoms with E-state index in [1.54, 1.807) is 18.3 Å². The first-order valence-electron chi connectivity index (χ1n) is 8.87. The van der Waals surface area contributed by atoms with Crippen LogP contribution in [0.1, 0.15) is 28.8 Å². The van der Waals surface area contributed by atoms with Crippen LogP contribution in [0.3, 0.4) is 0 Å². The average molecular weight is 386 g/mol. The van der Waals surface area contributed by atoms with Crippen LogP contribution in [0, 0.1) is 6.92 Å². The van der Waals surface area contributed by atoms with Crippen molar-refractivity contribution in [2.75, 3.05) is 19.8 Å². The summed E-state index contributed by atoms with van der Waals surface area (Å²) in [6.07, 6.45) is 3.63. The summed E-state index contributed by atoms with van der Waals surface area (Å²) in [5, 5.41) is 3.28. The highest BCUT2D eigenvalue weighted by Gasteiger charge is 2.18. The zero-order valence-corrected chi connectivity index (χ0v) is 16.0. The Hall–Kier alpha value is -2.38. The van der Waals surface area contributed by atoms with Gasteiger partial charge in [0.15, 0.2) is 6.61 Å². The van der Waals surface area contributed by atoms with E-state index in [1.165, 1.54) is 11.8 Å². The maximum absolute atomic E-state index is 12.4. The molecule has 27 heavy (non-hydrogen) atoms. The van der Waals surface area contributed by atoms with Crippen molar-refractivity contribution in [3.05, 3.63) is 53.7 Å². The first kappa shape index (κ1) is 19.4. The number of aromatic nitrogens is 1. The van der Waals surface area contributed by atoms with Gasteiger partial charge in [0.25, 0.3) is 5.91 Å². The Morgan fingerprint density at radius 2 is 2.11 bits per heavy atom. The molecule has 6 nitrogen and oxygen atoms in total. The number of nitrogens with one attached hydrogen (secondary N) is 1. The number of pyridine rings is 1. The Morgan fingerprint density at radius 3 is 2.85 bits per heavy atom. The Balaban J connectivity index is 1.54. The lowest BCUT2D eigenvalue weighted by molar-refractivity contribution is -0.124. The van der Waals surface area contributed by atoms with Gasteiger partial charge in [-0.2, -0.15) is 0 Å². The number of aryl methyl sites for hydroxylation is 1. The van der Waals surface area contributed by atoms with Crippen molar-refractivity contribution >= 4 is 23.6 Å². The van der Waals surface area contributed by atoms with Crippen molar-refractivity contribution < 1.29 is 19.1 Å². The summed E-state index contributed by atoms with van der Waals surface area (Å²) in [6.45, 7) is 2.87. The van der Waals surface area contributed by atoms with Crippen LogP contribution >= 0.6 is 11.8 Å². The molecular weight excluding hydrogens is 364 g/mol. The van der Waals surface area contributed by atoms with Gasteiger partial charge in [-0.15, -0.1) is 0 Å². The maximum atomic E-state index is 12.4.